The summed E-state index contributed by atoms with van der Waals surface area (Å²) in [5.41, 5.74) is 0. The lowest BCUT2D eigenvalue weighted by Crippen LogP contribution is -2.35. The zero-order valence-electron chi connectivity index (χ0n) is 11.1. The molecule has 0 spiro atoms. The van der Waals surface area contributed by atoms with Crippen molar-refractivity contribution in [2.45, 2.75) is 52.1 Å². The molecule has 0 aromatic heterocycles. The summed E-state index contributed by atoms with van der Waals surface area (Å²) in [5.74, 6) is -0.333. The lowest BCUT2D eigenvalue weighted by Gasteiger charge is -2.21. The van der Waals surface area contributed by atoms with E-state index in [1.54, 1.807) is 0 Å². The molecule has 0 saturated heterocycles. The number of ether oxygens (including phenoxy) is 1. The van der Waals surface area contributed by atoms with Crippen molar-refractivity contribution in [1.82, 2.24) is 0 Å². The molecule has 0 radical (unpaired) electrons. The highest BCUT2D eigenvalue weighted by Gasteiger charge is 2.29. The standard InChI is InChI=1S/C13H24O4/c1-4-11(10(2)15)13(17-3)12(16)8-6-5-7-9-14/h11,13-14H,4-9H2,1-3H3. The molecular weight excluding hydrogens is 220 g/mol. The van der Waals surface area contributed by atoms with Gasteiger partial charge in [0.05, 0.1) is 5.92 Å². The van der Waals surface area contributed by atoms with Crippen molar-refractivity contribution in [3.8, 4) is 0 Å². The lowest BCUT2D eigenvalue weighted by atomic mass is 9.90. The minimum absolute atomic E-state index is 0.00283. The maximum absolute atomic E-state index is 11.9. The molecule has 0 amide bonds. The van der Waals surface area contributed by atoms with Crippen LogP contribution in [0.5, 0.6) is 0 Å². The van der Waals surface area contributed by atoms with E-state index < -0.39 is 6.10 Å². The molecule has 4 nitrogen and oxygen atoms in total. The zero-order chi connectivity index (χ0) is 13.3. The third-order valence-electron chi connectivity index (χ3n) is 2.98. The van der Waals surface area contributed by atoms with Gasteiger partial charge in [0.1, 0.15) is 11.9 Å². The van der Waals surface area contributed by atoms with Gasteiger partial charge in [-0.1, -0.05) is 13.3 Å². The third kappa shape index (κ3) is 5.94. The second-order valence-electron chi connectivity index (χ2n) is 4.28. The van der Waals surface area contributed by atoms with Gasteiger partial charge in [-0.3, -0.25) is 9.59 Å². The molecule has 0 aromatic rings. The molecule has 0 aliphatic rings. The van der Waals surface area contributed by atoms with Gasteiger partial charge >= 0.3 is 0 Å². The molecule has 0 bridgehead atoms. The Morgan fingerprint density at radius 2 is 1.88 bits per heavy atom. The minimum Gasteiger partial charge on any atom is -0.396 e. The molecule has 100 valence electrons. The van der Waals surface area contributed by atoms with Crippen LogP contribution in [-0.2, 0) is 14.3 Å². The van der Waals surface area contributed by atoms with E-state index in [1.165, 1.54) is 14.0 Å². The van der Waals surface area contributed by atoms with Crippen LogP contribution in [0.4, 0.5) is 0 Å². The molecule has 4 heteroatoms. The first-order valence-corrected chi connectivity index (χ1v) is 6.25. The van der Waals surface area contributed by atoms with Crippen LogP contribution < -0.4 is 0 Å². The highest BCUT2D eigenvalue weighted by atomic mass is 16.5. The number of hydrogen-bond acceptors (Lipinski definition) is 4. The molecule has 0 aliphatic carbocycles. The van der Waals surface area contributed by atoms with Crippen LogP contribution in [0.2, 0.25) is 0 Å². The predicted molar refractivity (Wildman–Crippen MR) is 65.8 cm³/mol. The predicted octanol–water partition coefficient (Wildman–Crippen LogP) is 1.74. The highest BCUT2D eigenvalue weighted by molar-refractivity contribution is 5.90. The summed E-state index contributed by atoms with van der Waals surface area (Å²) >= 11 is 0. The number of methoxy groups -OCH3 is 1. The first-order valence-electron chi connectivity index (χ1n) is 6.25. The molecule has 2 unspecified atom stereocenters. The molecular formula is C13H24O4. The van der Waals surface area contributed by atoms with Crippen LogP contribution in [0, 0.1) is 5.92 Å². The first-order chi connectivity index (χ1) is 8.08. The van der Waals surface area contributed by atoms with E-state index in [1.807, 2.05) is 6.92 Å². The SMILES string of the molecule is CCC(C(C)=O)C(OC)C(=O)CCCCCO. The Kier molecular flexibility index (Phi) is 8.90. The largest absolute Gasteiger partial charge is 0.396 e. The maximum atomic E-state index is 11.9. The van der Waals surface area contributed by atoms with Crippen molar-refractivity contribution in [2.24, 2.45) is 5.92 Å². The van der Waals surface area contributed by atoms with E-state index in [9.17, 15) is 9.59 Å². The van der Waals surface area contributed by atoms with Gasteiger partial charge in [0.2, 0.25) is 0 Å². The van der Waals surface area contributed by atoms with Crippen LogP contribution in [0.3, 0.4) is 0 Å². The van der Waals surface area contributed by atoms with Crippen LogP contribution in [0.1, 0.15) is 46.0 Å². The lowest BCUT2D eigenvalue weighted by molar-refractivity contribution is -0.139. The van der Waals surface area contributed by atoms with Gasteiger partial charge in [-0.2, -0.15) is 0 Å². The van der Waals surface area contributed by atoms with E-state index in [0.29, 0.717) is 12.8 Å². The van der Waals surface area contributed by atoms with Crippen molar-refractivity contribution in [3.63, 3.8) is 0 Å². The van der Waals surface area contributed by atoms with Crippen molar-refractivity contribution < 1.29 is 19.4 Å². The fourth-order valence-corrected chi connectivity index (χ4v) is 1.96. The Labute approximate surface area is 103 Å². The molecule has 0 aromatic carbocycles. The second-order valence-corrected chi connectivity index (χ2v) is 4.28. The van der Waals surface area contributed by atoms with Crippen molar-refractivity contribution in [3.05, 3.63) is 0 Å². The van der Waals surface area contributed by atoms with E-state index in [-0.39, 0.29) is 24.1 Å². The summed E-state index contributed by atoms with van der Waals surface area (Å²) < 4.78 is 5.16. The number of aliphatic hydroxyl groups is 1. The number of carbonyl (C=O) groups excluding carboxylic acids is 2. The highest BCUT2D eigenvalue weighted by Crippen LogP contribution is 2.17. The smallest absolute Gasteiger partial charge is 0.162 e. The zero-order valence-corrected chi connectivity index (χ0v) is 11.1. The van der Waals surface area contributed by atoms with Crippen LogP contribution in [-0.4, -0.2) is 36.5 Å². The number of unbranched alkanes of at least 4 members (excludes halogenated alkanes) is 2. The molecule has 0 fully saturated rings. The summed E-state index contributed by atoms with van der Waals surface area (Å²) in [6.45, 7) is 3.54. The summed E-state index contributed by atoms with van der Waals surface area (Å²) in [5, 5.41) is 8.63. The third-order valence-corrected chi connectivity index (χ3v) is 2.98. The Balaban J connectivity index is 4.24. The van der Waals surface area contributed by atoms with Gasteiger partial charge in [0, 0.05) is 20.1 Å². The number of hydrogen-bond donors (Lipinski definition) is 1. The Morgan fingerprint density at radius 3 is 2.29 bits per heavy atom. The molecule has 1 N–H and O–H groups in total. The minimum atomic E-state index is -0.605. The topological polar surface area (TPSA) is 63.6 Å². The summed E-state index contributed by atoms with van der Waals surface area (Å²) in [4.78, 5) is 23.3. The number of Topliss-reactive ketones (excluding diaryl/α,β-unsaturated/α-hetero) is 2. The number of aliphatic hydroxyl groups excluding tert-OH is 1. The average Bonchev–Trinajstić information content (AvgIpc) is 2.30. The number of ketones is 2. The van der Waals surface area contributed by atoms with Crippen molar-refractivity contribution in [1.29, 1.82) is 0 Å². The van der Waals surface area contributed by atoms with Gasteiger partial charge in [0.25, 0.3) is 0 Å². The monoisotopic (exact) mass is 244 g/mol. The fraction of sp³-hybridized carbons (Fsp3) is 0.846. The number of rotatable bonds is 10. The number of carbonyl (C=O) groups is 2. The van der Waals surface area contributed by atoms with Gasteiger partial charge in [0.15, 0.2) is 5.78 Å². The molecule has 0 heterocycles. The van der Waals surface area contributed by atoms with Crippen molar-refractivity contribution in [2.75, 3.05) is 13.7 Å². The normalized spacial score (nSPS) is 14.4. The van der Waals surface area contributed by atoms with Crippen LogP contribution in [0.15, 0.2) is 0 Å². The molecule has 0 aliphatic heterocycles. The van der Waals surface area contributed by atoms with E-state index in [4.69, 9.17) is 9.84 Å². The first kappa shape index (κ1) is 16.3. The molecule has 2 atom stereocenters. The van der Waals surface area contributed by atoms with Gasteiger partial charge in [-0.05, 0) is 26.2 Å². The quantitative estimate of drug-likeness (QED) is 0.594. The summed E-state index contributed by atoms with van der Waals surface area (Å²) in [6, 6.07) is 0. The maximum Gasteiger partial charge on any atom is 0.162 e. The van der Waals surface area contributed by atoms with Gasteiger partial charge in [-0.15, -0.1) is 0 Å². The van der Waals surface area contributed by atoms with Crippen LogP contribution >= 0.6 is 0 Å². The molecule has 0 saturated carbocycles. The van der Waals surface area contributed by atoms with Gasteiger partial charge in [-0.25, -0.2) is 0 Å². The Bertz CT molecular complexity index is 238. The van der Waals surface area contributed by atoms with E-state index in [2.05, 4.69) is 0 Å². The average molecular weight is 244 g/mol. The van der Waals surface area contributed by atoms with E-state index in [0.717, 1.165) is 19.3 Å². The Hall–Kier alpha value is -0.740. The Morgan fingerprint density at radius 1 is 1.24 bits per heavy atom. The van der Waals surface area contributed by atoms with Crippen LogP contribution in [0.25, 0.3) is 0 Å². The molecule has 17 heavy (non-hydrogen) atoms. The summed E-state index contributed by atoms with van der Waals surface area (Å²) in [6.07, 6.45) is 2.72. The molecule has 0 rings (SSSR count). The van der Waals surface area contributed by atoms with Crippen molar-refractivity contribution >= 4 is 11.6 Å². The van der Waals surface area contributed by atoms with E-state index >= 15 is 0 Å². The second kappa shape index (κ2) is 9.31. The summed E-state index contributed by atoms with van der Waals surface area (Å²) in [7, 11) is 1.47. The van der Waals surface area contributed by atoms with Gasteiger partial charge < -0.3 is 9.84 Å². The fourth-order valence-electron chi connectivity index (χ4n) is 1.96.